The molecule has 0 radical (unpaired) electrons. The lowest BCUT2D eigenvalue weighted by Gasteiger charge is -2.36. The number of halogens is 3. The van der Waals surface area contributed by atoms with E-state index in [1.807, 2.05) is 24.3 Å². The molecule has 4 aromatic carbocycles. The number of rotatable bonds is 10. The van der Waals surface area contributed by atoms with Crippen LogP contribution in [-0.2, 0) is 23.0 Å². The van der Waals surface area contributed by atoms with E-state index in [4.69, 9.17) is 11.6 Å². The largest absolute Gasteiger partial charge is 0.337 e. The van der Waals surface area contributed by atoms with Crippen LogP contribution in [0, 0.1) is 11.6 Å². The van der Waals surface area contributed by atoms with E-state index in [1.165, 1.54) is 43.5 Å². The lowest BCUT2D eigenvalue weighted by Crippen LogP contribution is -2.49. The maximum Gasteiger partial charge on any atom is 0.337 e. The molecule has 0 aromatic heterocycles. The average molecular weight is 596 g/mol. The lowest BCUT2D eigenvalue weighted by atomic mass is 10.0. The molecule has 1 atom stereocenters. The topological polar surface area (TPSA) is 37.4 Å². The van der Waals surface area contributed by atoms with Crippen molar-refractivity contribution in [2.24, 2.45) is 0 Å². The van der Waals surface area contributed by atoms with E-state index in [0.717, 1.165) is 61.8 Å². The van der Waals surface area contributed by atoms with Crippen LogP contribution < -0.4 is 3.89 Å². The summed E-state index contributed by atoms with van der Waals surface area (Å²) >= 11 is 6.10. The number of benzene rings is 4. The average Bonchev–Trinajstić information content (AvgIpc) is 2.99. The monoisotopic (exact) mass is 595 g/mol. The van der Waals surface area contributed by atoms with Crippen molar-refractivity contribution in [3.63, 3.8) is 0 Å². The second-order valence-corrected chi connectivity index (χ2v) is 13.0. The van der Waals surface area contributed by atoms with Crippen molar-refractivity contribution in [2.45, 2.75) is 43.5 Å². The summed E-state index contributed by atoms with van der Waals surface area (Å²) in [4.78, 5) is 2.43. The summed E-state index contributed by atoms with van der Waals surface area (Å²) < 4.78 is 59.2. The Kier molecular flexibility index (Phi) is 9.19. The molecule has 0 aliphatic carbocycles. The van der Waals surface area contributed by atoms with Gasteiger partial charge in [-0.05, 0) is 87.3 Å². The van der Waals surface area contributed by atoms with Crippen molar-refractivity contribution in [3.05, 3.63) is 125 Å². The van der Waals surface area contributed by atoms with E-state index < -0.39 is 25.5 Å². The summed E-state index contributed by atoms with van der Waals surface area (Å²) in [6.45, 7) is 3.05. The number of hydrogen-bond donors (Lipinski definition) is 0. The minimum Gasteiger partial charge on any atom is -0.303 e. The van der Waals surface area contributed by atoms with E-state index in [9.17, 15) is 12.8 Å². The zero-order valence-electron chi connectivity index (χ0n) is 22.9. The van der Waals surface area contributed by atoms with Gasteiger partial charge in [0.25, 0.3) is 0 Å². The molecule has 8 heteroatoms. The number of hydrogen-bond acceptors (Lipinski definition) is 3. The summed E-state index contributed by atoms with van der Waals surface area (Å²) in [7, 11) is -4.41. The molecule has 0 N–H and O–H groups in total. The zero-order chi connectivity index (χ0) is 28.9. The van der Waals surface area contributed by atoms with Crippen LogP contribution >= 0.6 is 11.6 Å². The number of para-hydroxylation sites is 1. The Hall–Kier alpha value is -3.10. The molecular weight excluding hydrogens is 562 g/mol. The molecule has 0 spiro atoms. The third-order valence-electron chi connectivity index (χ3n) is 7.87. The normalized spacial score (nSPS) is 15.9. The van der Waals surface area contributed by atoms with Gasteiger partial charge in [0.2, 0.25) is 0 Å². The molecule has 1 heterocycles. The smallest absolute Gasteiger partial charge is 0.303 e. The Morgan fingerprint density at radius 2 is 1.44 bits per heavy atom. The quantitative estimate of drug-likeness (QED) is 0.173. The van der Waals surface area contributed by atoms with Gasteiger partial charge in [-0.15, -0.1) is 3.89 Å². The van der Waals surface area contributed by atoms with Crippen LogP contribution in [-0.4, -0.2) is 33.0 Å². The molecular formula is C33H34ClF2N2O2S+. The minimum atomic E-state index is -4.41. The molecule has 0 bridgehead atoms. The van der Waals surface area contributed by atoms with Gasteiger partial charge in [0.05, 0.1) is 0 Å². The van der Waals surface area contributed by atoms with Crippen LogP contribution in [0.1, 0.15) is 36.8 Å². The van der Waals surface area contributed by atoms with Crippen LogP contribution in [0.3, 0.4) is 0 Å². The number of quaternary nitrogens is 1. The zero-order valence-corrected chi connectivity index (χ0v) is 24.4. The van der Waals surface area contributed by atoms with Gasteiger partial charge in [0.1, 0.15) is 17.3 Å². The minimum absolute atomic E-state index is 0.0445. The summed E-state index contributed by atoms with van der Waals surface area (Å²) in [5.74, 6) is -1.53. The molecule has 0 amide bonds. The molecule has 214 valence electrons. The third kappa shape index (κ3) is 6.24. The van der Waals surface area contributed by atoms with Gasteiger partial charge < -0.3 is 4.90 Å². The Bertz CT molecular complexity index is 1580. The van der Waals surface area contributed by atoms with E-state index in [-0.39, 0.29) is 17.1 Å². The lowest BCUT2D eigenvalue weighted by molar-refractivity contribution is 0.226. The fourth-order valence-corrected chi connectivity index (χ4v) is 7.83. The molecule has 4 nitrogen and oxygen atoms in total. The number of aryl methyl sites for hydroxylation is 1. The van der Waals surface area contributed by atoms with Gasteiger partial charge in [-0.3, -0.25) is 0 Å². The van der Waals surface area contributed by atoms with Gasteiger partial charge in [-0.1, -0.05) is 60.5 Å². The van der Waals surface area contributed by atoms with Crippen molar-refractivity contribution >= 4 is 33.0 Å². The van der Waals surface area contributed by atoms with Crippen molar-refractivity contribution in [2.75, 3.05) is 19.6 Å². The second-order valence-electron chi connectivity index (χ2n) is 10.5. The number of likely N-dealkylation sites (tertiary alicyclic amines) is 1. The first-order valence-electron chi connectivity index (χ1n) is 14.0. The molecule has 1 aliphatic rings. The molecule has 4 aromatic rings. The maximum atomic E-state index is 15.8. The molecule has 1 fully saturated rings. The van der Waals surface area contributed by atoms with Crippen LogP contribution in [0.5, 0.6) is 0 Å². The molecule has 5 rings (SSSR count). The van der Waals surface area contributed by atoms with Gasteiger partial charge in [-0.25, -0.2) is 8.78 Å². The predicted molar refractivity (Wildman–Crippen MR) is 162 cm³/mol. The van der Waals surface area contributed by atoms with Crippen LogP contribution in [0.25, 0.3) is 0 Å². The first-order chi connectivity index (χ1) is 19.8. The fourth-order valence-electron chi connectivity index (χ4n) is 5.76. The summed E-state index contributed by atoms with van der Waals surface area (Å²) in [6.07, 6.45) is 5.37. The highest BCUT2D eigenvalue weighted by atomic mass is 35.5. The number of nitrogens with zero attached hydrogens (tertiary/aromatic N) is 2. The van der Waals surface area contributed by atoms with Crippen LogP contribution in [0.15, 0.2) is 102 Å². The number of sulfonamides is 1. The highest BCUT2D eigenvalue weighted by molar-refractivity contribution is 7.91. The molecule has 41 heavy (non-hydrogen) atoms. The first-order valence-corrected chi connectivity index (χ1v) is 15.8. The molecule has 0 saturated carbocycles. The van der Waals surface area contributed by atoms with E-state index in [2.05, 4.69) is 4.90 Å². The Morgan fingerprint density at radius 3 is 2.15 bits per heavy atom. The van der Waals surface area contributed by atoms with Gasteiger partial charge in [0, 0.05) is 28.8 Å². The van der Waals surface area contributed by atoms with Crippen molar-refractivity contribution in [3.8, 4) is 0 Å². The SMILES string of the molecule is O=S(=O)(c1ccc(Cl)cc1)[N+](Cc1ccccc1CCCN1CCCCC1)(c1ccccc1)c1cc(F)ccc1F. The van der Waals surface area contributed by atoms with Crippen LogP contribution in [0.4, 0.5) is 20.2 Å². The summed E-state index contributed by atoms with van der Waals surface area (Å²) in [5, 5.41) is 0.373. The Morgan fingerprint density at radius 1 is 0.780 bits per heavy atom. The number of piperidine rings is 1. The van der Waals surface area contributed by atoms with Gasteiger partial charge in [-0.2, -0.15) is 8.42 Å². The predicted octanol–water partition coefficient (Wildman–Crippen LogP) is 8.26. The Labute approximate surface area is 246 Å². The van der Waals surface area contributed by atoms with E-state index in [1.54, 1.807) is 30.3 Å². The van der Waals surface area contributed by atoms with Crippen molar-refractivity contribution in [1.29, 1.82) is 0 Å². The third-order valence-corrected chi connectivity index (χ3v) is 10.4. The van der Waals surface area contributed by atoms with Crippen molar-refractivity contribution < 1.29 is 17.2 Å². The van der Waals surface area contributed by atoms with Crippen LogP contribution in [0.2, 0.25) is 5.02 Å². The highest BCUT2D eigenvalue weighted by Crippen LogP contribution is 2.45. The standard InChI is InChI=1S/C33H34ClF2N2O2S/c34-28-15-18-31(19-16-28)41(39,40)38(30-13-3-1-4-14-30,33-24-29(35)17-20-32(33)36)25-27-11-6-5-10-26(27)12-9-23-37-21-7-2-8-22-37/h1,3-6,10-11,13-20,24H,2,7-9,12,21-23,25H2/q+1. The van der Waals surface area contributed by atoms with Gasteiger partial charge in [0.15, 0.2) is 17.2 Å². The van der Waals surface area contributed by atoms with E-state index in [0.29, 0.717) is 10.7 Å². The molecule has 1 aliphatic heterocycles. The van der Waals surface area contributed by atoms with Gasteiger partial charge >= 0.3 is 10.0 Å². The molecule has 1 unspecified atom stereocenters. The fraction of sp³-hybridized carbons (Fsp3) is 0.273. The van der Waals surface area contributed by atoms with E-state index >= 15 is 4.39 Å². The Balaban J connectivity index is 1.66. The second kappa shape index (κ2) is 12.8. The first kappa shape index (κ1) is 29.4. The summed E-state index contributed by atoms with van der Waals surface area (Å²) in [5.41, 5.74) is 1.77. The molecule has 1 saturated heterocycles. The van der Waals surface area contributed by atoms with Crippen molar-refractivity contribution in [1.82, 2.24) is 8.79 Å². The highest BCUT2D eigenvalue weighted by Gasteiger charge is 2.50. The summed E-state index contributed by atoms with van der Waals surface area (Å²) in [6, 6.07) is 25.0. The maximum absolute atomic E-state index is 15.8.